The van der Waals surface area contributed by atoms with Crippen molar-refractivity contribution in [2.24, 2.45) is 5.92 Å². The summed E-state index contributed by atoms with van der Waals surface area (Å²) in [6.07, 6.45) is 0.734. The van der Waals surface area contributed by atoms with E-state index in [4.69, 9.17) is 4.74 Å². The highest BCUT2D eigenvalue weighted by Gasteiger charge is 2.30. The van der Waals surface area contributed by atoms with Crippen LogP contribution in [0, 0.1) is 5.92 Å². The molecule has 4 nitrogen and oxygen atoms in total. The average molecular weight is 185 g/mol. The molecule has 1 aliphatic rings. The normalized spacial score (nSPS) is 27.2. The Kier molecular flexibility index (Phi) is 3.42. The monoisotopic (exact) mass is 185 g/mol. The predicted octanol–water partition coefficient (Wildman–Crippen LogP) is 0.117. The van der Waals surface area contributed by atoms with Crippen molar-refractivity contribution in [2.75, 3.05) is 13.2 Å². The fraction of sp³-hybridized carbons (Fsp3) is 0.778. The second-order valence-electron chi connectivity index (χ2n) is 3.39. The van der Waals surface area contributed by atoms with Crippen LogP contribution in [0.1, 0.15) is 20.3 Å². The highest BCUT2D eigenvalue weighted by atomic mass is 16.5. The van der Waals surface area contributed by atoms with Gasteiger partial charge in [-0.1, -0.05) is 0 Å². The van der Waals surface area contributed by atoms with Gasteiger partial charge < -0.3 is 10.1 Å². The molecule has 0 saturated carbocycles. The number of nitrogens with one attached hydrogen (secondary N) is 1. The fourth-order valence-electron chi connectivity index (χ4n) is 1.42. The molecule has 1 rings (SSSR count). The lowest BCUT2D eigenvalue weighted by Gasteiger charge is -2.12. The minimum absolute atomic E-state index is 0.0213. The molecule has 2 atom stereocenters. The lowest BCUT2D eigenvalue weighted by Crippen LogP contribution is -2.36. The summed E-state index contributed by atoms with van der Waals surface area (Å²) in [5.41, 5.74) is 0. The molecule has 0 aromatic rings. The Hall–Kier alpha value is -0.900. The van der Waals surface area contributed by atoms with Crippen molar-refractivity contribution >= 4 is 11.7 Å². The zero-order chi connectivity index (χ0) is 9.84. The number of Topliss-reactive ketones (excluding diaryl/α,β-unsaturated/α-hetero) is 1. The smallest absolute Gasteiger partial charge is 0.226 e. The number of ketones is 1. The number of ether oxygens (including phenoxy) is 1. The summed E-state index contributed by atoms with van der Waals surface area (Å²) in [4.78, 5) is 22.0. The maximum Gasteiger partial charge on any atom is 0.226 e. The van der Waals surface area contributed by atoms with Gasteiger partial charge in [-0.2, -0.15) is 0 Å². The summed E-state index contributed by atoms with van der Waals surface area (Å²) in [6, 6.07) is 0. The summed E-state index contributed by atoms with van der Waals surface area (Å²) < 4.78 is 5.25. The second-order valence-corrected chi connectivity index (χ2v) is 3.39. The summed E-state index contributed by atoms with van der Waals surface area (Å²) in [6.45, 7) is 4.10. The first-order valence-electron chi connectivity index (χ1n) is 4.50. The number of amides is 1. The molecule has 0 spiro atoms. The van der Waals surface area contributed by atoms with Gasteiger partial charge in [-0.05, 0) is 20.3 Å². The van der Waals surface area contributed by atoms with Gasteiger partial charge in [-0.3, -0.25) is 9.59 Å². The van der Waals surface area contributed by atoms with Crippen LogP contribution in [0.3, 0.4) is 0 Å². The van der Waals surface area contributed by atoms with Gasteiger partial charge >= 0.3 is 0 Å². The van der Waals surface area contributed by atoms with Crippen molar-refractivity contribution in [2.45, 2.75) is 26.4 Å². The third-order valence-electron chi connectivity index (χ3n) is 2.22. The maximum absolute atomic E-state index is 11.4. The molecule has 0 aliphatic carbocycles. The number of hydrogen-bond donors (Lipinski definition) is 1. The Labute approximate surface area is 77.6 Å². The van der Waals surface area contributed by atoms with Crippen molar-refractivity contribution in [3.63, 3.8) is 0 Å². The molecule has 74 valence electrons. The van der Waals surface area contributed by atoms with Gasteiger partial charge in [0.15, 0.2) is 0 Å². The largest absolute Gasteiger partial charge is 0.378 e. The van der Waals surface area contributed by atoms with E-state index in [1.807, 2.05) is 6.92 Å². The molecule has 1 fully saturated rings. The van der Waals surface area contributed by atoms with Crippen LogP contribution < -0.4 is 5.32 Å². The fourth-order valence-corrected chi connectivity index (χ4v) is 1.42. The van der Waals surface area contributed by atoms with Crippen LogP contribution in [0.15, 0.2) is 0 Å². The standard InChI is InChI=1S/C9H15NO3/c1-6(11)5-10-9(12)8-3-4-13-7(8)2/h7-8H,3-5H2,1-2H3,(H,10,12). The van der Waals surface area contributed by atoms with E-state index in [9.17, 15) is 9.59 Å². The zero-order valence-corrected chi connectivity index (χ0v) is 8.00. The topological polar surface area (TPSA) is 55.4 Å². The van der Waals surface area contributed by atoms with Crippen LogP contribution in [-0.4, -0.2) is 30.9 Å². The van der Waals surface area contributed by atoms with Crippen molar-refractivity contribution < 1.29 is 14.3 Å². The summed E-state index contributed by atoms with van der Waals surface area (Å²) in [5, 5.41) is 2.59. The number of hydrogen-bond acceptors (Lipinski definition) is 3. The van der Waals surface area contributed by atoms with Crippen LogP contribution >= 0.6 is 0 Å². The number of carbonyl (C=O) groups is 2. The van der Waals surface area contributed by atoms with E-state index in [2.05, 4.69) is 5.32 Å². The minimum Gasteiger partial charge on any atom is -0.378 e. The Morgan fingerprint density at radius 1 is 1.54 bits per heavy atom. The Balaban J connectivity index is 2.34. The zero-order valence-electron chi connectivity index (χ0n) is 8.00. The van der Waals surface area contributed by atoms with Gasteiger partial charge in [-0.15, -0.1) is 0 Å². The van der Waals surface area contributed by atoms with Crippen molar-refractivity contribution in [3.05, 3.63) is 0 Å². The first kappa shape index (κ1) is 10.2. The van der Waals surface area contributed by atoms with E-state index < -0.39 is 0 Å². The van der Waals surface area contributed by atoms with Crippen LogP contribution in [0.25, 0.3) is 0 Å². The first-order chi connectivity index (χ1) is 6.11. The molecule has 13 heavy (non-hydrogen) atoms. The molecule has 0 bridgehead atoms. The van der Waals surface area contributed by atoms with Gasteiger partial charge in [0, 0.05) is 6.61 Å². The second kappa shape index (κ2) is 4.37. The molecular weight excluding hydrogens is 170 g/mol. The Bertz CT molecular complexity index is 215. The molecule has 1 saturated heterocycles. The first-order valence-corrected chi connectivity index (χ1v) is 4.50. The van der Waals surface area contributed by atoms with E-state index in [1.165, 1.54) is 6.92 Å². The molecule has 1 amide bonds. The number of rotatable bonds is 3. The van der Waals surface area contributed by atoms with Crippen molar-refractivity contribution in [3.8, 4) is 0 Å². The lowest BCUT2D eigenvalue weighted by atomic mass is 10.0. The maximum atomic E-state index is 11.4. The van der Waals surface area contributed by atoms with Gasteiger partial charge in [0.2, 0.25) is 5.91 Å². The third-order valence-corrected chi connectivity index (χ3v) is 2.22. The van der Waals surface area contributed by atoms with E-state index in [0.29, 0.717) is 6.61 Å². The number of carbonyl (C=O) groups excluding carboxylic acids is 2. The SMILES string of the molecule is CC(=O)CNC(=O)C1CCOC1C. The quantitative estimate of drug-likeness (QED) is 0.679. The van der Waals surface area contributed by atoms with E-state index in [0.717, 1.165) is 6.42 Å². The highest BCUT2D eigenvalue weighted by molar-refractivity contribution is 5.85. The molecule has 4 heteroatoms. The van der Waals surface area contributed by atoms with Gasteiger partial charge in [-0.25, -0.2) is 0 Å². The van der Waals surface area contributed by atoms with Crippen molar-refractivity contribution in [1.29, 1.82) is 0 Å². The van der Waals surface area contributed by atoms with Crippen LogP contribution in [0.2, 0.25) is 0 Å². The average Bonchev–Trinajstić information content (AvgIpc) is 2.47. The van der Waals surface area contributed by atoms with Crippen LogP contribution in [-0.2, 0) is 14.3 Å². The van der Waals surface area contributed by atoms with E-state index >= 15 is 0 Å². The van der Waals surface area contributed by atoms with Gasteiger partial charge in [0.25, 0.3) is 0 Å². The molecule has 1 heterocycles. The molecule has 0 aromatic carbocycles. The predicted molar refractivity (Wildman–Crippen MR) is 47.2 cm³/mol. The lowest BCUT2D eigenvalue weighted by molar-refractivity contribution is -0.128. The highest BCUT2D eigenvalue weighted by Crippen LogP contribution is 2.19. The molecule has 2 unspecified atom stereocenters. The minimum atomic E-state index is -0.0839. The molecular formula is C9H15NO3. The molecule has 0 radical (unpaired) electrons. The molecule has 1 N–H and O–H groups in total. The van der Waals surface area contributed by atoms with E-state index in [1.54, 1.807) is 0 Å². The van der Waals surface area contributed by atoms with Crippen LogP contribution in [0.4, 0.5) is 0 Å². The van der Waals surface area contributed by atoms with E-state index in [-0.39, 0.29) is 30.3 Å². The van der Waals surface area contributed by atoms with Crippen LogP contribution in [0.5, 0.6) is 0 Å². The summed E-state index contributed by atoms with van der Waals surface area (Å²) >= 11 is 0. The molecule has 1 aliphatic heterocycles. The Morgan fingerprint density at radius 2 is 2.23 bits per heavy atom. The summed E-state index contributed by atoms with van der Waals surface area (Å²) in [7, 11) is 0. The molecule has 0 aromatic heterocycles. The van der Waals surface area contributed by atoms with Gasteiger partial charge in [0.1, 0.15) is 5.78 Å². The Morgan fingerprint density at radius 3 is 2.69 bits per heavy atom. The van der Waals surface area contributed by atoms with Crippen molar-refractivity contribution in [1.82, 2.24) is 5.32 Å². The van der Waals surface area contributed by atoms with Gasteiger partial charge in [0.05, 0.1) is 18.6 Å². The third kappa shape index (κ3) is 2.81. The summed E-state index contributed by atoms with van der Waals surface area (Å²) in [5.74, 6) is -0.181.